The Bertz CT molecular complexity index is 3260. The first-order valence-corrected chi connectivity index (χ1v) is 18.1. The van der Waals surface area contributed by atoms with Gasteiger partial charge in [0.2, 0.25) is 0 Å². The molecule has 0 atom stereocenters. The van der Waals surface area contributed by atoms with Crippen molar-refractivity contribution in [3.05, 3.63) is 145 Å². The number of nitrogens with zero attached hydrogens (tertiary/aromatic N) is 5. The van der Waals surface area contributed by atoms with Crippen molar-refractivity contribution in [3.63, 3.8) is 0 Å². The number of rotatable bonds is 3. The van der Waals surface area contributed by atoms with Gasteiger partial charge in [-0.1, -0.05) is 75.4 Å². The molecule has 0 bridgehead atoms. The maximum atomic E-state index is 8.16. The van der Waals surface area contributed by atoms with Gasteiger partial charge in [0.05, 0.1) is 45.6 Å². The summed E-state index contributed by atoms with van der Waals surface area (Å²) >= 11 is 0. The van der Waals surface area contributed by atoms with E-state index >= 15 is 0 Å². The standard InChI is InChI=1S/C47H37N5O/c1-47(2,3)29-24-38-34-22-21-32(53-31-13-9-12-30(26-31)50-28-49(4)40-19-7-8-20-41(40)50)27-42(34)52-45(38)43(25-29)51-39-18-6-5-14-33(39)35-15-10-16-36(44(35)51)37-17-11-23-48-46(37)52/h5-27H,28H2,1-4H3/i4D3. The zero-order valence-electron chi connectivity index (χ0n) is 32.6. The molecule has 0 spiro atoms. The van der Waals surface area contributed by atoms with Crippen LogP contribution in [0.2, 0.25) is 0 Å². The van der Waals surface area contributed by atoms with Crippen molar-refractivity contribution in [3.8, 4) is 11.5 Å². The van der Waals surface area contributed by atoms with Crippen molar-refractivity contribution in [2.45, 2.75) is 26.2 Å². The van der Waals surface area contributed by atoms with Gasteiger partial charge in [-0.05, 0) is 77.7 Å². The van der Waals surface area contributed by atoms with Gasteiger partial charge in [0.15, 0.2) is 0 Å². The Labute approximate surface area is 310 Å². The first-order chi connectivity index (χ1) is 27.0. The lowest BCUT2D eigenvalue weighted by Crippen LogP contribution is -2.23. The molecule has 0 saturated heterocycles. The smallest absolute Gasteiger partial charge is 0.145 e. The van der Waals surface area contributed by atoms with Gasteiger partial charge in [0.25, 0.3) is 0 Å². The number of para-hydroxylation sites is 4. The van der Waals surface area contributed by atoms with E-state index in [0.29, 0.717) is 17.2 Å². The third-order valence-corrected chi connectivity index (χ3v) is 11.0. The lowest BCUT2D eigenvalue weighted by Gasteiger charge is -2.20. The monoisotopic (exact) mass is 690 g/mol. The molecule has 10 aromatic rings. The molecule has 53 heavy (non-hydrogen) atoms. The zero-order chi connectivity index (χ0) is 38.1. The molecule has 0 amide bonds. The second-order valence-corrected chi connectivity index (χ2v) is 15.2. The summed E-state index contributed by atoms with van der Waals surface area (Å²) in [5.74, 6) is 1.34. The summed E-state index contributed by atoms with van der Waals surface area (Å²) in [5, 5.41) is 6.89. The fraction of sp³-hybridized carbons (Fsp3) is 0.128. The molecule has 4 aromatic heterocycles. The Kier molecular flexibility index (Phi) is 5.51. The maximum absolute atomic E-state index is 8.16. The molecule has 0 N–H and O–H groups in total. The number of ether oxygens (including phenoxy) is 1. The number of anilines is 3. The van der Waals surface area contributed by atoms with E-state index in [2.05, 4.69) is 102 Å². The van der Waals surface area contributed by atoms with Crippen LogP contribution in [0.3, 0.4) is 0 Å². The van der Waals surface area contributed by atoms with E-state index in [1.807, 2.05) is 71.8 Å². The topological polar surface area (TPSA) is 37.4 Å². The second kappa shape index (κ2) is 10.7. The molecular formula is C47H37N5O. The molecule has 1 aliphatic rings. The van der Waals surface area contributed by atoms with Crippen LogP contribution in [0.1, 0.15) is 30.4 Å². The van der Waals surface area contributed by atoms with Crippen molar-refractivity contribution >= 4 is 82.6 Å². The van der Waals surface area contributed by atoms with Crippen LogP contribution in [0.15, 0.2) is 140 Å². The Hall–Kier alpha value is -6.53. The SMILES string of the molecule is [2H]C([2H])([2H])N1CN(c2cccc(Oc3ccc4c5cc(C(C)(C)C)cc6c5n(c4c3)c3ncccc3c3cccc4c5ccccc5n6c43)c2)c2ccccc21. The molecule has 0 saturated carbocycles. The van der Waals surface area contributed by atoms with Gasteiger partial charge in [-0.25, -0.2) is 4.98 Å². The van der Waals surface area contributed by atoms with Crippen LogP contribution in [0.25, 0.3) is 65.5 Å². The van der Waals surface area contributed by atoms with Crippen LogP contribution in [-0.2, 0) is 5.41 Å². The highest BCUT2D eigenvalue weighted by molar-refractivity contribution is 6.23. The summed E-state index contributed by atoms with van der Waals surface area (Å²) in [6.45, 7) is 4.77. The molecule has 0 fully saturated rings. The second-order valence-electron chi connectivity index (χ2n) is 15.2. The number of benzene rings is 6. The van der Waals surface area contributed by atoms with E-state index in [-0.39, 0.29) is 12.1 Å². The van der Waals surface area contributed by atoms with Crippen molar-refractivity contribution in [1.82, 2.24) is 13.8 Å². The fourth-order valence-electron chi connectivity index (χ4n) is 8.55. The van der Waals surface area contributed by atoms with Crippen LogP contribution >= 0.6 is 0 Å². The maximum Gasteiger partial charge on any atom is 0.145 e. The third kappa shape index (κ3) is 4.29. The molecule has 5 heterocycles. The lowest BCUT2D eigenvalue weighted by atomic mass is 9.86. The molecule has 6 heteroatoms. The highest BCUT2D eigenvalue weighted by Crippen LogP contribution is 2.44. The van der Waals surface area contributed by atoms with Gasteiger partial charge >= 0.3 is 0 Å². The number of aromatic nitrogens is 3. The van der Waals surface area contributed by atoms with E-state index in [1.165, 1.54) is 26.8 Å². The van der Waals surface area contributed by atoms with Gasteiger partial charge in [-0.2, -0.15) is 0 Å². The number of fused-ring (bicyclic) bond motifs is 11. The van der Waals surface area contributed by atoms with E-state index in [0.717, 1.165) is 60.6 Å². The minimum Gasteiger partial charge on any atom is -0.457 e. The van der Waals surface area contributed by atoms with Crippen molar-refractivity contribution in [1.29, 1.82) is 0 Å². The molecule has 6 nitrogen and oxygen atoms in total. The first-order valence-electron chi connectivity index (χ1n) is 19.6. The average Bonchev–Trinajstić information content (AvgIpc) is 3.85. The van der Waals surface area contributed by atoms with E-state index in [4.69, 9.17) is 13.8 Å². The van der Waals surface area contributed by atoms with Gasteiger partial charge in [0, 0.05) is 67.4 Å². The summed E-state index contributed by atoms with van der Waals surface area (Å²) in [5.41, 5.74) is 9.94. The lowest BCUT2D eigenvalue weighted by molar-refractivity contribution is 0.483. The molecule has 256 valence electrons. The van der Waals surface area contributed by atoms with Crippen LogP contribution < -0.4 is 14.5 Å². The van der Waals surface area contributed by atoms with E-state index < -0.39 is 6.98 Å². The van der Waals surface area contributed by atoms with Gasteiger partial charge < -0.3 is 18.9 Å². The minimum absolute atomic E-state index is 0.107. The normalized spacial score (nSPS) is 14.6. The number of hydrogen-bond acceptors (Lipinski definition) is 4. The Morgan fingerprint density at radius 3 is 2.19 bits per heavy atom. The molecule has 0 aliphatic carbocycles. The predicted octanol–water partition coefficient (Wildman–Crippen LogP) is 12.0. The summed E-state index contributed by atoms with van der Waals surface area (Å²) in [6, 6.07) is 46.1. The van der Waals surface area contributed by atoms with Crippen molar-refractivity contribution < 1.29 is 8.85 Å². The Morgan fingerprint density at radius 2 is 1.32 bits per heavy atom. The molecule has 0 radical (unpaired) electrons. The average molecular weight is 691 g/mol. The number of pyridine rings is 1. The van der Waals surface area contributed by atoms with Crippen molar-refractivity contribution in [2.24, 2.45) is 0 Å². The summed E-state index contributed by atoms with van der Waals surface area (Å²) in [4.78, 5) is 8.61. The van der Waals surface area contributed by atoms with Crippen LogP contribution in [0.5, 0.6) is 11.5 Å². The minimum atomic E-state index is -2.27. The molecule has 0 unspecified atom stereocenters. The fourth-order valence-corrected chi connectivity index (χ4v) is 8.55. The first kappa shape index (κ1) is 27.2. The van der Waals surface area contributed by atoms with Crippen LogP contribution in [0, 0.1) is 0 Å². The van der Waals surface area contributed by atoms with Gasteiger partial charge in [0.1, 0.15) is 17.1 Å². The largest absolute Gasteiger partial charge is 0.457 e. The van der Waals surface area contributed by atoms with E-state index in [1.54, 1.807) is 0 Å². The van der Waals surface area contributed by atoms with Gasteiger partial charge in [-0.15, -0.1) is 0 Å². The highest BCUT2D eigenvalue weighted by atomic mass is 16.5. The third-order valence-electron chi connectivity index (χ3n) is 11.0. The predicted molar refractivity (Wildman–Crippen MR) is 221 cm³/mol. The number of hydrogen-bond donors (Lipinski definition) is 0. The Morgan fingerprint density at radius 1 is 0.585 bits per heavy atom. The molecule has 11 rings (SSSR count). The van der Waals surface area contributed by atoms with E-state index in [9.17, 15) is 0 Å². The molecule has 6 aromatic carbocycles. The summed E-state index contributed by atoms with van der Waals surface area (Å²) in [7, 11) is 0. The van der Waals surface area contributed by atoms with Crippen LogP contribution in [0.4, 0.5) is 17.1 Å². The van der Waals surface area contributed by atoms with Gasteiger partial charge in [-0.3, -0.25) is 4.40 Å². The highest BCUT2D eigenvalue weighted by Gasteiger charge is 2.25. The Balaban J connectivity index is 1.17. The zero-order valence-corrected chi connectivity index (χ0v) is 29.6. The van der Waals surface area contributed by atoms with Crippen LogP contribution in [-0.4, -0.2) is 27.4 Å². The molecule has 1 aliphatic heterocycles. The summed E-state index contributed by atoms with van der Waals surface area (Å²) in [6.07, 6.45) is 1.88. The quantitative estimate of drug-likeness (QED) is 0.185. The van der Waals surface area contributed by atoms with Crippen molar-refractivity contribution in [2.75, 3.05) is 23.4 Å². The summed E-state index contributed by atoms with van der Waals surface area (Å²) < 4.78 is 36.0. The molecular weight excluding hydrogens is 651 g/mol.